The third kappa shape index (κ3) is 4.33. The Hall–Kier alpha value is -2.84. The van der Waals surface area contributed by atoms with Crippen molar-refractivity contribution in [2.45, 2.75) is 13.2 Å². The Bertz CT molecular complexity index is 704. The molecule has 0 saturated heterocycles. The summed E-state index contributed by atoms with van der Waals surface area (Å²) in [5, 5.41) is 12.0. The molecule has 0 bridgehead atoms. The van der Waals surface area contributed by atoms with Gasteiger partial charge in [-0.1, -0.05) is 30.3 Å². The van der Waals surface area contributed by atoms with Crippen molar-refractivity contribution >= 4 is 11.6 Å². The molecule has 0 aromatic heterocycles. The Balaban J connectivity index is 2.05. The van der Waals surface area contributed by atoms with E-state index in [1.54, 1.807) is 19.2 Å². The van der Waals surface area contributed by atoms with Crippen LogP contribution in [0.15, 0.2) is 53.5 Å². The normalized spacial score (nSPS) is 11.0. The lowest BCUT2D eigenvalue weighted by Gasteiger charge is -2.10. The number of hydrogen-bond donors (Lipinski definition) is 2. The Labute approximate surface area is 130 Å². The molecule has 0 radical (unpaired) electrons. The molecule has 22 heavy (non-hydrogen) atoms. The van der Waals surface area contributed by atoms with Gasteiger partial charge in [0.15, 0.2) is 5.96 Å². The second-order valence-electron chi connectivity index (χ2n) is 4.73. The van der Waals surface area contributed by atoms with Gasteiger partial charge in [0, 0.05) is 18.4 Å². The molecule has 0 saturated carbocycles. The highest BCUT2D eigenvalue weighted by atomic mass is 16.5. The summed E-state index contributed by atoms with van der Waals surface area (Å²) in [6.45, 7) is 0.918. The maximum atomic E-state index is 8.88. The SMILES string of the molecule is COCc1ccccc1NC(N)=NCc1cccc(C#N)c1. The van der Waals surface area contributed by atoms with Crippen molar-refractivity contribution in [1.82, 2.24) is 0 Å². The Kier molecular flexibility index (Phi) is 5.52. The zero-order valence-electron chi connectivity index (χ0n) is 12.4. The molecule has 5 heteroatoms. The molecular weight excluding hydrogens is 276 g/mol. The van der Waals surface area contributed by atoms with Gasteiger partial charge >= 0.3 is 0 Å². The fourth-order valence-electron chi connectivity index (χ4n) is 2.02. The van der Waals surface area contributed by atoms with Crippen molar-refractivity contribution < 1.29 is 4.74 Å². The first-order valence-electron chi connectivity index (χ1n) is 6.85. The molecule has 0 amide bonds. The maximum absolute atomic E-state index is 8.88. The van der Waals surface area contributed by atoms with Crippen molar-refractivity contribution in [2.75, 3.05) is 12.4 Å². The molecule has 2 rings (SSSR count). The van der Waals surface area contributed by atoms with Crippen LogP contribution in [-0.4, -0.2) is 13.1 Å². The fraction of sp³-hybridized carbons (Fsp3) is 0.176. The van der Waals surface area contributed by atoms with Gasteiger partial charge in [0.2, 0.25) is 0 Å². The van der Waals surface area contributed by atoms with E-state index in [1.807, 2.05) is 36.4 Å². The maximum Gasteiger partial charge on any atom is 0.193 e. The van der Waals surface area contributed by atoms with Crippen LogP contribution in [0.1, 0.15) is 16.7 Å². The van der Waals surface area contributed by atoms with Crippen molar-refractivity contribution in [3.63, 3.8) is 0 Å². The third-order valence-corrected chi connectivity index (χ3v) is 3.07. The number of aliphatic imine (C=N–C) groups is 1. The van der Waals surface area contributed by atoms with E-state index in [1.165, 1.54) is 0 Å². The predicted octanol–water partition coefficient (Wildman–Crippen LogP) is 2.63. The number of nitrogens with zero attached hydrogens (tertiary/aromatic N) is 2. The van der Waals surface area contributed by atoms with Crippen LogP contribution in [0, 0.1) is 11.3 Å². The molecular formula is C17H18N4O. The predicted molar refractivity (Wildman–Crippen MR) is 87.3 cm³/mol. The lowest BCUT2D eigenvalue weighted by atomic mass is 10.1. The highest BCUT2D eigenvalue weighted by molar-refractivity contribution is 5.92. The quantitative estimate of drug-likeness (QED) is 0.656. The van der Waals surface area contributed by atoms with E-state index in [9.17, 15) is 0 Å². The number of nitriles is 1. The third-order valence-electron chi connectivity index (χ3n) is 3.07. The molecule has 2 aromatic rings. The molecule has 0 heterocycles. The van der Waals surface area contributed by atoms with Crippen LogP contribution >= 0.6 is 0 Å². The molecule has 0 spiro atoms. The van der Waals surface area contributed by atoms with Gasteiger partial charge < -0.3 is 15.8 Å². The van der Waals surface area contributed by atoms with Gasteiger partial charge in [0.05, 0.1) is 24.8 Å². The lowest BCUT2D eigenvalue weighted by molar-refractivity contribution is 0.185. The molecule has 0 fully saturated rings. The number of nitrogens with two attached hydrogens (primary N) is 1. The summed E-state index contributed by atoms with van der Waals surface area (Å²) in [4.78, 5) is 4.30. The van der Waals surface area contributed by atoms with E-state index in [2.05, 4.69) is 16.4 Å². The van der Waals surface area contributed by atoms with Crippen molar-refractivity contribution in [2.24, 2.45) is 10.7 Å². The molecule has 5 nitrogen and oxygen atoms in total. The second kappa shape index (κ2) is 7.81. The van der Waals surface area contributed by atoms with Gasteiger partial charge in [0.1, 0.15) is 0 Å². The van der Waals surface area contributed by atoms with Crippen LogP contribution < -0.4 is 11.1 Å². The van der Waals surface area contributed by atoms with Gasteiger partial charge in [-0.05, 0) is 23.8 Å². The zero-order chi connectivity index (χ0) is 15.8. The summed E-state index contributed by atoms with van der Waals surface area (Å²) in [7, 11) is 1.65. The van der Waals surface area contributed by atoms with E-state index >= 15 is 0 Å². The fourth-order valence-corrected chi connectivity index (χ4v) is 2.02. The number of hydrogen-bond acceptors (Lipinski definition) is 3. The minimum absolute atomic E-state index is 0.325. The van der Waals surface area contributed by atoms with E-state index in [0.29, 0.717) is 24.7 Å². The van der Waals surface area contributed by atoms with Crippen LogP contribution in [0.3, 0.4) is 0 Å². The van der Waals surface area contributed by atoms with Gasteiger partial charge in [-0.3, -0.25) is 0 Å². The number of methoxy groups -OCH3 is 1. The van der Waals surface area contributed by atoms with E-state index in [4.69, 9.17) is 15.7 Å². The Morgan fingerprint density at radius 1 is 1.27 bits per heavy atom. The van der Waals surface area contributed by atoms with Gasteiger partial charge in [0.25, 0.3) is 0 Å². The molecule has 0 atom stereocenters. The first kappa shape index (κ1) is 15.5. The van der Waals surface area contributed by atoms with Crippen molar-refractivity contribution in [3.05, 3.63) is 65.2 Å². The molecule has 112 valence electrons. The summed E-state index contributed by atoms with van der Waals surface area (Å²) in [5.41, 5.74) is 9.36. The minimum atomic E-state index is 0.325. The van der Waals surface area contributed by atoms with Crippen LogP contribution in [0.5, 0.6) is 0 Å². The van der Waals surface area contributed by atoms with Gasteiger partial charge in [-0.2, -0.15) is 5.26 Å². The summed E-state index contributed by atoms with van der Waals surface area (Å²) < 4.78 is 5.15. The van der Waals surface area contributed by atoms with E-state index in [0.717, 1.165) is 16.8 Å². The molecule has 0 aliphatic heterocycles. The molecule has 0 aliphatic carbocycles. The first-order valence-corrected chi connectivity index (χ1v) is 6.85. The highest BCUT2D eigenvalue weighted by Crippen LogP contribution is 2.15. The molecule has 0 aliphatic rings. The average Bonchev–Trinajstić information content (AvgIpc) is 2.55. The van der Waals surface area contributed by atoms with Crippen molar-refractivity contribution in [3.8, 4) is 6.07 Å². The summed E-state index contributed by atoms with van der Waals surface area (Å²) in [6.07, 6.45) is 0. The number of guanidine groups is 1. The topological polar surface area (TPSA) is 83.4 Å². The number of anilines is 1. The smallest absolute Gasteiger partial charge is 0.193 e. The van der Waals surface area contributed by atoms with Crippen LogP contribution in [0.25, 0.3) is 0 Å². The van der Waals surface area contributed by atoms with Crippen LogP contribution in [-0.2, 0) is 17.9 Å². The van der Waals surface area contributed by atoms with E-state index in [-0.39, 0.29) is 0 Å². The number of para-hydroxylation sites is 1. The molecule has 0 unspecified atom stereocenters. The molecule has 3 N–H and O–H groups in total. The number of nitrogens with one attached hydrogen (secondary N) is 1. The van der Waals surface area contributed by atoms with Crippen LogP contribution in [0.4, 0.5) is 5.69 Å². The average molecular weight is 294 g/mol. The number of ether oxygens (including phenoxy) is 1. The zero-order valence-corrected chi connectivity index (χ0v) is 12.4. The number of benzene rings is 2. The Morgan fingerprint density at radius 2 is 2.09 bits per heavy atom. The molecule has 2 aromatic carbocycles. The van der Waals surface area contributed by atoms with Gasteiger partial charge in [-0.25, -0.2) is 4.99 Å². The standard InChI is InChI=1S/C17H18N4O/c1-22-12-15-7-2-3-8-16(15)21-17(19)20-11-14-6-4-5-13(9-14)10-18/h2-9H,11-12H2,1H3,(H3,19,20,21). The summed E-state index contributed by atoms with van der Waals surface area (Å²) in [6, 6.07) is 17.2. The minimum Gasteiger partial charge on any atom is -0.380 e. The highest BCUT2D eigenvalue weighted by Gasteiger charge is 2.02. The Morgan fingerprint density at radius 3 is 2.86 bits per heavy atom. The summed E-state index contributed by atoms with van der Waals surface area (Å²) >= 11 is 0. The number of rotatable bonds is 5. The largest absolute Gasteiger partial charge is 0.380 e. The monoisotopic (exact) mass is 294 g/mol. The van der Waals surface area contributed by atoms with Crippen molar-refractivity contribution in [1.29, 1.82) is 5.26 Å². The second-order valence-corrected chi connectivity index (χ2v) is 4.73. The van der Waals surface area contributed by atoms with Crippen LogP contribution in [0.2, 0.25) is 0 Å². The summed E-state index contributed by atoms with van der Waals surface area (Å²) in [5.74, 6) is 0.325. The lowest BCUT2D eigenvalue weighted by Crippen LogP contribution is -2.23. The van der Waals surface area contributed by atoms with E-state index < -0.39 is 0 Å². The first-order chi connectivity index (χ1) is 10.7. The van der Waals surface area contributed by atoms with Gasteiger partial charge in [-0.15, -0.1) is 0 Å².